The summed E-state index contributed by atoms with van der Waals surface area (Å²) < 4.78 is 5.54. The Morgan fingerprint density at radius 2 is 2.12 bits per heavy atom. The minimum atomic E-state index is 0.650. The Bertz CT molecular complexity index is 177. The maximum absolute atomic E-state index is 5.54. The van der Waals surface area contributed by atoms with E-state index in [4.69, 9.17) is 4.74 Å². The van der Waals surface area contributed by atoms with E-state index < -0.39 is 0 Å². The zero-order valence-corrected chi connectivity index (χ0v) is 11.2. The van der Waals surface area contributed by atoms with Crippen LogP contribution in [-0.2, 0) is 4.74 Å². The number of likely N-dealkylation sites (N-methyl/N-ethyl adjacent to an activating group) is 2. The van der Waals surface area contributed by atoms with E-state index in [0.717, 1.165) is 26.3 Å². The molecule has 1 heterocycles. The summed E-state index contributed by atoms with van der Waals surface area (Å²) in [5.74, 6) is 0. The summed E-state index contributed by atoms with van der Waals surface area (Å²) in [5.41, 5.74) is 0. The lowest BCUT2D eigenvalue weighted by atomic mass is 10.2. The second kappa shape index (κ2) is 7.22. The van der Waals surface area contributed by atoms with Gasteiger partial charge < -0.3 is 19.9 Å². The largest absolute Gasteiger partial charge is 0.379 e. The first-order valence-corrected chi connectivity index (χ1v) is 6.25. The van der Waals surface area contributed by atoms with Crippen LogP contribution in [0.4, 0.5) is 0 Å². The lowest BCUT2D eigenvalue weighted by Gasteiger charge is -2.14. The first-order chi connectivity index (χ1) is 7.59. The number of ether oxygens (including phenoxy) is 1. The molecular formula is C12H27N3O. The molecule has 1 aliphatic heterocycles. The third-order valence-electron chi connectivity index (χ3n) is 3.25. The third-order valence-corrected chi connectivity index (χ3v) is 3.25. The SMILES string of the molecule is CC1CC(NCCOCCN(C)C)CN1C. The van der Waals surface area contributed by atoms with Crippen LogP contribution in [0.5, 0.6) is 0 Å². The molecule has 1 saturated heterocycles. The van der Waals surface area contributed by atoms with E-state index in [2.05, 4.69) is 43.2 Å². The van der Waals surface area contributed by atoms with Gasteiger partial charge in [0.15, 0.2) is 0 Å². The maximum Gasteiger partial charge on any atom is 0.0593 e. The van der Waals surface area contributed by atoms with Gasteiger partial charge in [0, 0.05) is 31.7 Å². The van der Waals surface area contributed by atoms with Gasteiger partial charge in [0.2, 0.25) is 0 Å². The summed E-state index contributed by atoms with van der Waals surface area (Å²) in [6.07, 6.45) is 1.26. The number of nitrogens with one attached hydrogen (secondary N) is 1. The summed E-state index contributed by atoms with van der Waals surface area (Å²) in [5, 5.41) is 3.55. The van der Waals surface area contributed by atoms with Gasteiger partial charge in [0.1, 0.15) is 0 Å². The average Bonchev–Trinajstić information content (AvgIpc) is 2.52. The van der Waals surface area contributed by atoms with Gasteiger partial charge >= 0.3 is 0 Å². The molecule has 4 heteroatoms. The highest BCUT2D eigenvalue weighted by Crippen LogP contribution is 2.14. The number of rotatable bonds is 7. The van der Waals surface area contributed by atoms with Crippen molar-refractivity contribution in [1.29, 1.82) is 0 Å². The van der Waals surface area contributed by atoms with Crippen molar-refractivity contribution in [2.45, 2.75) is 25.4 Å². The molecule has 2 atom stereocenters. The van der Waals surface area contributed by atoms with Gasteiger partial charge in [0.25, 0.3) is 0 Å². The van der Waals surface area contributed by atoms with Crippen molar-refractivity contribution < 1.29 is 4.74 Å². The molecule has 0 aliphatic carbocycles. The van der Waals surface area contributed by atoms with E-state index in [1.807, 2.05) is 0 Å². The quantitative estimate of drug-likeness (QED) is 0.633. The highest BCUT2D eigenvalue weighted by molar-refractivity contribution is 4.84. The van der Waals surface area contributed by atoms with Crippen molar-refractivity contribution >= 4 is 0 Å². The fourth-order valence-corrected chi connectivity index (χ4v) is 2.03. The second-order valence-electron chi connectivity index (χ2n) is 5.09. The lowest BCUT2D eigenvalue weighted by Crippen LogP contribution is -2.34. The molecule has 1 N–H and O–H groups in total. The Balaban J connectivity index is 1.92. The van der Waals surface area contributed by atoms with Crippen LogP contribution in [0.1, 0.15) is 13.3 Å². The lowest BCUT2D eigenvalue weighted by molar-refractivity contribution is 0.117. The van der Waals surface area contributed by atoms with E-state index in [-0.39, 0.29) is 0 Å². The van der Waals surface area contributed by atoms with Crippen molar-refractivity contribution in [3.63, 3.8) is 0 Å². The topological polar surface area (TPSA) is 27.7 Å². The number of likely N-dealkylation sites (tertiary alicyclic amines) is 1. The summed E-state index contributed by atoms with van der Waals surface area (Å²) in [6.45, 7) is 7.08. The van der Waals surface area contributed by atoms with E-state index in [1.165, 1.54) is 13.0 Å². The van der Waals surface area contributed by atoms with Crippen LogP contribution >= 0.6 is 0 Å². The smallest absolute Gasteiger partial charge is 0.0593 e. The van der Waals surface area contributed by atoms with Crippen LogP contribution in [0.15, 0.2) is 0 Å². The Labute approximate surface area is 99.9 Å². The molecule has 96 valence electrons. The van der Waals surface area contributed by atoms with Crippen molar-refractivity contribution in [3.05, 3.63) is 0 Å². The molecule has 1 aliphatic rings. The Morgan fingerprint density at radius 1 is 1.38 bits per heavy atom. The van der Waals surface area contributed by atoms with E-state index in [9.17, 15) is 0 Å². The van der Waals surface area contributed by atoms with Crippen molar-refractivity contribution in [3.8, 4) is 0 Å². The van der Waals surface area contributed by atoms with E-state index >= 15 is 0 Å². The molecule has 1 fully saturated rings. The fourth-order valence-electron chi connectivity index (χ4n) is 2.03. The Morgan fingerprint density at radius 3 is 2.69 bits per heavy atom. The van der Waals surface area contributed by atoms with Crippen molar-refractivity contribution in [2.24, 2.45) is 0 Å². The predicted molar refractivity (Wildman–Crippen MR) is 67.9 cm³/mol. The molecule has 1 rings (SSSR count). The van der Waals surface area contributed by atoms with Gasteiger partial charge in [-0.05, 0) is 34.5 Å². The highest BCUT2D eigenvalue weighted by atomic mass is 16.5. The van der Waals surface area contributed by atoms with Crippen LogP contribution < -0.4 is 5.32 Å². The molecule has 0 spiro atoms. The van der Waals surface area contributed by atoms with Gasteiger partial charge in [-0.15, -0.1) is 0 Å². The molecule has 0 bridgehead atoms. The summed E-state index contributed by atoms with van der Waals surface area (Å²) in [6, 6.07) is 1.37. The maximum atomic E-state index is 5.54. The van der Waals surface area contributed by atoms with Crippen LogP contribution in [0.2, 0.25) is 0 Å². The molecule has 0 radical (unpaired) electrons. The molecule has 4 nitrogen and oxygen atoms in total. The molecule has 0 saturated carbocycles. The second-order valence-corrected chi connectivity index (χ2v) is 5.09. The molecule has 0 amide bonds. The molecule has 0 aromatic carbocycles. The zero-order chi connectivity index (χ0) is 12.0. The van der Waals surface area contributed by atoms with Crippen LogP contribution in [0.3, 0.4) is 0 Å². The normalized spacial score (nSPS) is 26.8. The standard InChI is InChI=1S/C12H27N3O/c1-11-9-12(10-15(11)4)13-5-7-16-8-6-14(2)3/h11-13H,5-10H2,1-4H3. The van der Waals surface area contributed by atoms with Crippen LogP contribution in [0.25, 0.3) is 0 Å². The molecule has 0 aromatic heterocycles. The molecule has 0 aromatic rings. The summed E-state index contributed by atoms with van der Waals surface area (Å²) in [4.78, 5) is 4.55. The molecular weight excluding hydrogens is 202 g/mol. The van der Waals surface area contributed by atoms with Gasteiger partial charge in [-0.3, -0.25) is 0 Å². The van der Waals surface area contributed by atoms with Crippen molar-refractivity contribution in [1.82, 2.24) is 15.1 Å². The van der Waals surface area contributed by atoms with Crippen LogP contribution in [0, 0.1) is 0 Å². The summed E-state index contributed by atoms with van der Waals surface area (Å²) >= 11 is 0. The molecule has 16 heavy (non-hydrogen) atoms. The van der Waals surface area contributed by atoms with Gasteiger partial charge in [-0.2, -0.15) is 0 Å². The van der Waals surface area contributed by atoms with Crippen molar-refractivity contribution in [2.75, 3.05) is 54.0 Å². The third kappa shape index (κ3) is 5.25. The number of hydrogen-bond acceptors (Lipinski definition) is 4. The molecule has 2 unspecified atom stereocenters. The van der Waals surface area contributed by atoms with Gasteiger partial charge in [-0.1, -0.05) is 0 Å². The summed E-state index contributed by atoms with van der Waals surface area (Å²) in [7, 11) is 6.33. The van der Waals surface area contributed by atoms with Crippen LogP contribution in [-0.4, -0.2) is 75.9 Å². The first-order valence-electron chi connectivity index (χ1n) is 6.25. The van der Waals surface area contributed by atoms with E-state index in [1.54, 1.807) is 0 Å². The number of hydrogen-bond donors (Lipinski definition) is 1. The van der Waals surface area contributed by atoms with Gasteiger partial charge in [-0.25, -0.2) is 0 Å². The van der Waals surface area contributed by atoms with Gasteiger partial charge in [0.05, 0.1) is 13.2 Å². The number of nitrogens with zero attached hydrogens (tertiary/aromatic N) is 2. The van der Waals surface area contributed by atoms with E-state index in [0.29, 0.717) is 12.1 Å². The average molecular weight is 229 g/mol. The predicted octanol–water partition coefficient (Wildman–Crippen LogP) is 0.247. The minimum absolute atomic E-state index is 0.650. The zero-order valence-electron chi connectivity index (χ0n) is 11.2. The Hall–Kier alpha value is -0.160. The first kappa shape index (κ1) is 13.9. The Kier molecular flexibility index (Phi) is 6.28. The highest BCUT2D eigenvalue weighted by Gasteiger charge is 2.24. The minimum Gasteiger partial charge on any atom is -0.379 e. The fraction of sp³-hybridized carbons (Fsp3) is 1.00. The monoisotopic (exact) mass is 229 g/mol.